The highest BCUT2D eigenvalue weighted by atomic mass is 16.7. The fourth-order valence-corrected chi connectivity index (χ4v) is 3.39. The highest BCUT2D eigenvalue weighted by molar-refractivity contribution is 6.00. The monoisotopic (exact) mass is 367 g/mol. The van der Waals surface area contributed by atoms with E-state index in [1.165, 1.54) is 0 Å². The van der Waals surface area contributed by atoms with E-state index >= 15 is 0 Å². The first-order chi connectivity index (χ1) is 13.1. The highest BCUT2D eigenvalue weighted by Gasteiger charge is 2.21. The van der Waals surface area contributed by atoms with Crippen molar-refractivity contribution < 1.29 is 19.1 Å². The summed E-state index contributed by atoms with van der Waals surface area (Å²) in [4.78, 5) is 26.2. The summed E-state index contributed by atoms with van der Waals surface area (Å²) in [5.41, 5.74) is 3.32. The first-order valence-corrected chi connectivity index (χ1v) is 9.05. The normalized spacial score (nSPS) is 14.5. The summed E-state index contributed by atoms with van der Waals surface area (Å²) in [6, 6.07) is 10.6. The fourth-order valence-electron chi connectivity index (χ4n) is 3.39. The van der Waals surface area contributed by atoms with Crippen LogP contribution in [-0.4, -0.2) is 25.3 Å². The van der Waals surface area contributed by atoms with Gasteiger partial charge in [0.1, 0.15) is 0 Å². The van der Waals surface area contributed by atoms with Crippen LogP contribution in [0.25, 0.3) is 0 Å². The van der Waals surface area contributed by atoms with Crippen LogP contribution in [0.1, 0.15) is 25.3 Å². The molecule has 7 heteroatoms. The first-order valence-electron chi connectivity index (χ1n) is 9.05. The Labute approximate surface area is 157 Å². The number of amides is 3. The molecule has 0 saturated heterocycles. The van der Waals surface area contributed by atoms with Gasteiger partial charge >= 0.3 is 6.03 Å². The summed E-state index contributed by atoms with van der Waals surface area (Å²) in [6.07, 6.45) is 2.30. The molecule has 2 heterocycles. The van der Waals surface area contributed by atoms with E-state index in [1.54, 1.807) is 18.2 Å². The predicted octanol–water partition coefficient (Wildman–Crippen LogP) is 3.75. The number of rotatable bonds is 3. The van der Waals surface area contributed by atoms with Crippen molar-refractivity contribution in [3.05, 3.63) is 42.0 Å². The average molecular weight is 367 g/mol. The van der Waals surface area contributed by atoms with Crippen molar-refractivity contribution in [2.24, 2.45) is 0 Å². The van der Waals surface area contributed by atoms with Crippen LogP contribution in [-0.2, 0) is 11.2 Å². The second-order valence-electron chi connectivity index (χ2n) is 6.49. The molecule has 2 aliphatic heterocycles. The summed E-state index contributed by atoms with van der Waals surface area (Å²) >= 11 is 0. The van der Waals surface area contributed by atoms with E-state index in [0.717, 1.165) is 30.6 Å². The maximum atomic E-state index is 12.3. The molecule has 0 bridgehead atoms. The first kappa shape index (κ1) is 17.2. The Morgan fingerprint density at radius 3 is 2.59 bits per heavy atom. The topological polar surface area (TPSA) is 79.9 Å². The summed E-state index contributed by atoms with van der Waals surface area (Å²) in [5, 5.41) is 5.63. The third kappa shape index (κ3) is 3.53. The molecular weight excluding hydrogens is 346 g/mol. The molecule has 0 saturated carbocycles. The van der Waals surface area contributed by atoms with Crippen molar-refractivity contribution in [2.75, 3.05) is 28.9 Å². The second-order valence-corrected chi connectivity index (χ2v) is 6.49. The Hall–Kier alpha value is -3.22. The second kappa shape index (κ2) is 7.19. The highest BCUT2D eigenvalue weighted by Crippen LogP contribution is 2.34. The summed E-state index contributed by atoms with van der Waals surface area (Å²) in [6.45, 7) is 2.81. The average Bonchev–Trinajstić information content (AvgIpc) is 3.14. The summed E-state index contributed by atoms with van der Waals surface area (Å²) in [5.74, 6) is 1.40. The summed E-state index contributed by atoms with van der Waals surface area (Å²) in [7, 11) is 0. The molecule has 2 aromatic carbocycles. The smallest absolute Gasteiger partial charge is 0.323 e. The van der Waals surface area contributed by atoms with E-state index in [9.17, 15) is 9.59 Å². The Kier molecular flexibility index (Phi) is 4.58. The summed E-state index contributed by atoms with van der Waals surface area (Å²) < 4.78 is 10.6. The minimum atomic E-state index is -0.342. The molecule has 3 amide bonds. The molecular formula is C20H21N3O4. The molecule has 7 nitrogen and oxygen atoms in total. The van der Waals surface area contributed by atoms with Crippen molar-refractivity contribution in [3.63, 3.8) is 0 Å². The number of nitrogens with zero attached hydrogens (tertiary/aromatic N) is 1. The fraction of sp³-hybridized carbons (Fsp3) is 0.300. The minimum Gasteiger partial charge on any atom is -0.454 e. The Morgan fingerprint density at radius 1 is 1.04 bits per heavy atom. The van der Waals surface area contributed by atoms with Gasteiger partial charge in [-0.05, 0) is 48.7 Å². The van der Waals surface area contributed by atoms with Gasteiger partial charge in [0.2, 0.25) is 12.7 Å². The Bertz CT molecular complexity index is 897. The van der Waals surface area contributed by atoms with Crippen LogP contribution >= 0.6 is 0 Å². The van der Waals surface area contributed by atoms with Crippen LogP contribution in [0.4, 0.5) is 21.9 Å². The number of ether oxygens (including phenoxy) is 2. The van der Waals surface area contributed by atoms with Gasteiger partial charge in [-0.2, -0.15) is 0 Å². The molecule has 2 aromatic rings. The Balaban J connectivity index is 1.45. The van der Waals surface area contributed by atoms with Crippen molar-refractivity contribution in [3.8, 4) is 11.5 Å². The zero-order valence-corrected chi connectivity index (χ0v) is 15.1. The zero-order valence-electron chi connectivity index (χ0n) is 15.1. The molecule has 2 N–H and O–H groups in total. The van der Waals surface area contributed by atoms with Gasteiger partial charge in [-0.3, -0.25) is 4.79 Å². The lowest BCUT2D eigenvalue weighted by molar-refractivity contribution is -0.118. The number of benzene rings is 2. The molecule has 2 aliphatic rings. The standard InChI is InChI=1S/C20H21N3O4/c1-2-19(24)23-9-3-4-13-10-14(5-7-16(13)23)21-20(25)22-15-6-8-17-18(11-15)27-12-26-17/h5-8,10-11H,2-4,9,12H2,1H3,(H2,21,22,25). The van der Waals surface area contributed by atoms with Crippen molar-refractivity contribution in [2.45, 2.75) is 26.2 Å². The van der Waals surface area contributed by atoms with Crippen molar-refractivity contribution in [1.29, 1.82) is 0 Å². The van der Waals surface area contributed by atoms with Gasteiger partial charge in [0.05, 0.1) is 0 Å². The van der Waals surface area contributed by atoms with Crippen LogP contribution in [0.5, 0.6) is 11.5 Å². The van der Waals surface area contributed by atoms with Gasteiger partial charge in [-0.15, -0.1) is 0 Å². The molecule has 0 unspecified atom stereocenters. The number of anilines is 3. The maximum absolute atomic E-state index is 12.3. The van der Waals surface area contributed by atoms with Crippen LogP contribution in [0.2, 0.25) is 0 Å². The quantitative estimate of drug-likeness (QED) is 0.866. The van der Waals surface area contributed by atoms with Gasteiger partial charge in [-0.1, -0.05) is 6.92 Å². The number of aryl methyl sites for hydroxylation is 1. The number of nitrogens with one attached hydrogen (secondary N) is 2. The number of carbonyl (C=O) groups excluding carboxylic acids is 2. The van der Waals surface area contributed by atoms with Gasteiger partial charge < -0.3 is 25.0 Å². The Morgan fingerprint density at radius 2 is 1.78 bits per heavy atom. The lowest BCUT2D eigenvalue weighted by atomic mass is 10.0. The maximum Gasteiger partial charge on any atom is 0.323 e. The predicted molar refractivity (Wildman–Crippen MR) is 103 cm³/mol. The number of carbonyl (C=O) groups is 2. The largest absolute Gasteiger partial charge is 0.454 e. The van der Waals surface area contributed by atoms with E-state index < -0.39 is 0 Å². The number of fused-ring (bicyclic) bond motifs is 2. The van der Waals surface area contributed by atoms with E-state index in [-0.39, 0.29) is 18.7 Å². The van der Waals surface area contributed by atoms with Crippen LogP contribution in [0.15, 0.2) is 36.4 Å². The van der Waals surface area contributed by atoms with E-state index in [2.05, 4.69) is 10.6 Å². The number of urea groups is 1. The lowest BCUT2D eigenvalue weighted by Crippen LogP contribution is -2.34. The van der Waals surface area contributed by atoms with Crippen LogP contribution in [0.3, 0.4) is 0 Å². The van der Waals surface area contributed by atoms with Gasteiger partial charge in [0, 0.05) is 36.1 Å². The molecule has 4 rings (SSSR count). The molecule has 0 atom stereocenters. The third-order valence-electron chi connectivity index (χ3n) is 4.69. The van der Waals surface area contributed by atoms with E-state index in [1.807, 2.05) is 30.0 Å². The number of hydrogen-bond acceptors (Lipinski definition) is 4. The third-order valence-corrected chi connectivity index (χ3v) is 4.69. The van der Waals surface area contributed by atoms with E-state index in [0.29, 0.717) is 29.3 Å². The van der Waals surface area contributed by atoms with Gasteiger partial charge in [0.15, 0.2) is 11.5 Å². The molecule has 0 radical (unpaired) electrons. The molecule has 27 heavy (non-hydrogen) atoms. The minimum absolute atomic E-state index is 0.122. The van der Waals surface area contributed by atoms with Crippen LogP contribution < -0.4 is 25.0 Å². The molecule has 0 fully saturated rings. The van der Waals surface area contributed by atoms with Gasteiger partial charge in [-0.25, -0.2) is 4.79 Å². The van der Waals surface area contributed by atoms with Crippen molar-refractivity contribution >= 4 is 29.0 Å². The molecule has 0 aromatic heterocycles. The molecule has 140 valence electrons. The van der Waals surface area contributed by atoms with E-state index in [4.69, 9.17) is 9.47 Å². The SMILES string of the molecule is CCC(=O)N1CCCc2cc(NC(=O)Nc3ccc4c(c3)OCO4)ccc21. The van der Waals surface area contributed by atoms with Gasteiger partial charge in [0.25, 0.3) is 0 Å². The number of hydrogen-bond donors (Lipinski definition) is 2. The lowest BCUT2D eigenvalue weighted by Gasteiger charge is -2.29. The molecule has 0 spiro atoms. The zero-order chi connectivity index (χ0) is 18.8. The van der Waals surface area contributed by atoms with Crippen LogP contribution in [0, 0.1) is 0 Å². The van der Waals surface area contributed by atoms with Crippen molar-refractivity contribution in [1.82, 2.24) is 0 Å². The molecule has 0 aliphatic carbocycles.